The zero-order valence-electron chi connectivity index (χ0n) is 24.0. The van der Waals surface area contributed by atoms with E-state index in [-0.39, 0.29) is 0 Å². The molecule has 5 nitrogen and oxygen atoms in total. The fraction of sp³-hybridized carbons (Fsp3) is 0.206. The van der Waals surface area contributed by atoms with Gasteiger partial charge in [0.2, 0.25) is 0 Å². The second-order valence-electron chi connectivity index (χ2n) is 10.5. The van der Waals surface area contributed by atoms with Gasteiger partial charge in [-0.3, -0.25) is 0 Å². The van der Waals surface area contributed by atoms with E-state index in [1.165, 1.54) is 61.6 Å². The minimum atomic E-state index is 0.692. The molecule has 6 aromatic rings. The van der Waals surface area contributed by atoms with Crippen LogP contribution in [0.15, 0.2) is 72.1 Å². The highest BCUT2D eigenvalue weighted by Crippen LogP contribution is 2.40. The molecule has 0 N–H and O–H groups in total. The molecule has 0 unspecified atom stereocenters. The lowest BCUT2D eigenvalue weighted by molar-refractivity contribution is 0.415. The molecule has 0 fully saturated rings. The summed E-state index contributed by atoms with van der Waals surface area (Å²) in [7, 11) is 1.72. The Hall–Kier alpha value is -4.16. The molecule has 40 heavy (non-hydrogen) atoms. The van der Waals surface area contributed by atoms with Crippen molar-refractivity contribution in [1.29, 1.82) is 0 Å². The second-order valence-corrected chi connectivity index (χ2v) is 11.3. The first-order valence-corrected chi connectivity index (χ1v) is 14.6. The summed E-state index contributed by atoms with van der Waals surface area (Å²) in [5, 5.41) is 3.09. The second kappa shape index (κ2) is 10.1. The average Bonchev–Trinajstić information content (AvgIpc) is 3.25. The van der Waals surface area contributed by atoms with Gasteiger partial charge in [-0.05, 0) is 117 Å². The van der Waals surface area contributed by atoms with Gasteiger partial charge in [0.25, 0.3) is 0 Å². The number of methoxy groups -OCH3 is 1. The molecule has 2 heterocycles. The van der Waals surface area contributed by atoms with Gasteiger partial charge in [-0.1, -0.05) is 35.5 Å². The van der Waals surface area contributed by atoms with E-state index in [0.717, 1.165) is 33.1 Å². The first kappa shape index (κ1) is 26.1. The van der Waals surface area contributed by atoms with Gasteiger partial charge in [-0.25, -0.2) is 15.0 Å². The van der Waals surface area contributed by atoms with Gasteiger partial charge >= 0.3 is 0 Å². The fourth-order valence-electron chi connectivity index (χ4n) is 6.12. The number of benzene rings is 4. The zero-order valence-corrected chi connectivity index (χ0v) is 24.8. The van der Waals surface area contributed by atoms with Crippen molar-refractivity contribution < 1.29 is 4.74 Å². The van der Waals surface area contributed by atoms with E-state index >= 15 is 0 Å². The molecule has 0 saturated carbocycles. The zero-order chi connectivity index (χ0) is 28.1. The van der Waals surface area contributed by atoms with Crippen LogP contribution in [0.3, 0.4) is 0 Å². The van der Waals surface area contributed by atoms with E-state index in [1.807, 2.05) is 12.3 Å². The van der Waals surface area contributed by atoms with E-state index in [0.29, 0.717) is 5.82 Å². The van der Waals surface area contributed by atoms with Crippen LogP contribution in [0, 0.1) is 34.6 Å². The smallest absolute Gasteiger partial charge is 0.190 e. The van der Waals surface area contributed by atoms with Crippen molar-refractivity contribution in [2.24, 2.45) is 0 Å². The van der Waals surface area contributed by atoms with E-state index in [1.54, 1.807) is 13.4 Å². The summed E-state index contributed by atoms with van der Waals surface area (Å²) in [6, 6.07) is 22.1. The van der Waals surface area contributed by atoms with Crippen molar-refractivity contribution >= 4 is 33.6 Å². The number of aromatic nitrogens is 4. The minimum absolute atomic E-state index is 0.692. The lowest BCUT2D eigenvalue weighted by atomic mass is 9.93. The van der Waals surface area contributed by atoms with E-state index in [9.17, 15) is 0 Å². The van der Waals surface area contributed by atoms with Crippen molar-refractivity contribution in [1.82, 2.24) is 19.5 Å². The van der Waals surface area contributed by atoms with Crippen LogP contribution in [0.4, 0.5) is 0 Å². The Morgan fingerprint density at radius 2 is 1.35 bits per heavy atom. The summed E-state index contributed by atoms with van der Waals surface area (Å²) in [5.41, 5.74) is 13.2. The highest BCUT2D eigenvalue weighted by Gasteiger charge is 2.19. The summed E-state index contributed by atoms with van der Waals surface area (Å²) < 4.78 is 8.04. The summed E-state index contributed by atoms with van der Waals surface area (Å²) in [6.07, 6.45) is 3.56. The standard InChI is InChI=1S/C34H32N4OS/c1-19-12-20(2)31(21(3)13-19)24-8-10-29-27(16-24)28-17-26(39-6)9-11-30(28)38(29)32-22(4)14-25(15-23(32)5)33-35-18-36-34(37-33)40-7/h8-18H,1-7H3. The third-order valence-corrected chi connectivity index (χ3v) is 8.20. The normalized spacial score (nSPS) is 11.5. The Labute approximate surface area is 239 Å². The van der Waals surface area contributed by atoms with E-state index < -0.39 is 0 Å². The maximum absolute atomic E-state index is 5.65. The van der Waals surface area contributed by atoms with Crippen molar-refractivity contribution in [3.05, 3.63) is 94.8 Å². The number of thioether (sulfide) groups is 1. The maximum Gasteiger partial charge on any atom is 0.190 e. The molecular formula is C34H32N4OS. The predicted octanol–water partition coefficient (Wildman–Crippen LogP) is 8.58. The molecule has 0 aliphatic heterocycles. The number of hydrogen-bond donors (Lipinski definition) is 0. The molecule has 0 amide bonds. The molecule has 0 saturated heterocycles. The summed E-state index contributed by atoms with van der Waals surface area (Å²) in [6.45, 7) is 10.9. The molecule has 2 aromatic heterocycles. The van der Waals surface area contributed by atoms with Crippen molar-refractivity contribution in [3.63, 3.8) is 0 Å². The first-order chi connectivity index (χ1) is 19.3. The van der Waals surface area contributed by atoms with Crippen molar-refractivity contribution in [2.45, 2.75) is 39.8 Å². The fourth-order valence-corrected chi connectivity index (χ4v) is 6.45. The molecule has 6 rings (SSSR count). The van der Waals surface area contributed by atoms with Crippen LogP contribution in [-0.4, -0.2) is 32.9 Å². The summed E-state index contributed by atoms with van der Waals surface area (Å²) in [4.78, 5) is 13.3. The van der Waals surface area contributed by atoms with Gasteiger partial charge in [0, 0.05) is 16.3 Å². The molecule has 4 aromatic carbocycles. The number of ether oxygens (including phenoxy) is 1. The third kappa shape index (κ3) is 4.33. The lowest BCUT2D eigenvalue weighted by Crippen LogP contribution is -2.02. The Bertz CT molecular complexity index is 1890. The van der Waals surface area contributed by atoms with Crippen LogP contribution < -0.4 is 4.74 Å². The molecule has 0 bridgehead atoms. The van der Waals surface area contributed by atoms with Crippen LogP contribution in [0.5, 0.6) is 5.75 Å². The Morgan fingerprint density at radius 3 is 2.00 bits per heavy atom. The first-order valence-electron chi connectivity index (χ1n) is 13.3. The quantitative estimate of drug-likeness (QED) is 0.204. The van der Waals surface area contributed by atoms with Gasteiger partial charge in [-0.15, -0.1) is 0 Å². The van der Waals surface area contributed by atoms with E-state index in [4.69, 9.17) is 4.74 Å². The Morgan fingerprint density at radius 1 is 0.700 bits per heavy atom. The van der Waals surface area contributed by atoms with Crippen LogP contribution in [0.2, 0.25) is 0 Å². The van der Waals surface area contributed by atoms with Crippen molar-refractivity contribution in [2.75, 3.05) is 13.4 Å². The predicted molar refractivity (Wildman–Crippen MR) is 167 cm³/mol. The topological polar surface area (TPSA) is 52.8 Å². The van der Waals surface area contributed by atoms with Crippen LogP contribution in [0.25, 0.3) is 50.0 Å². The number of rotatable bonds is 5. The Balaban J connectivity index is 1.61. The van der Waals surface area contributed by atoms with Crippen molar-refractivity contribution in [3.8, 4) is 34.0 Å². The van der Waals surface area contributed by atoms with Gasteiger partial charge in [0.1, 0.15) is 12.1 Å². The van der Waals surface area contributed by atoms with Gasteiger partial charge in [0.05, 0.1) is 23.8 Å². The molecule has 0 aliphatic carbocycles. The molecule has 0 radical (unpaired) electrons. The number of fused-ring (bicyclic) bond motifs is 3. The average molecular weight is 545 g/mol. The maximum atomic E-state index is 5.65. The van der Waals surface area contributed by atoms with E-state index in [2.05, 4.69) is 109 Å². The lowest BCUT2D eigenvalue weighted by Gasteiger charge is -2.17. The minimum Gasteiger partial charge on any atom is -0.497 e. The molecule has 200 valence electrons. The summed E-state index contributed by atoms with van der Waals surface area (Å²) in [5.74, 6) is 1.54. The van der Waals surface area contributed by atoms with Gasteiger partial charge in [0.15, 0.2) is 11.0 Å². The largest absolute Gasteiger partial charge is 0.497 e. The molecule has 0 spiro atoms. The van der Waals surface area contributed by atoms with Gasteiger partial charge < -0.3 is 9.30 Å². The molecule has 0 atom stereocenters. The van der Waals surface area contributed by atoms with Gasteiger partial charge in [-0.2, -0.15) is 0 Å². The number of hydrogen-bond acceptors (Lipinski definition) is 5. The highest BCUT2D eigenvalue weighted by molar-refractivity contribution is 7.98. The number of aryl methyl sites for hydroxylation is 5. The molecular weight excluding hydrogens is 512 g/mol. The third-order valence-electron chi connectivity index (χ3n) is 7.64. The van der Waals surface area contributed by atoms with Crippen LogP contribution in [-0.2, 0) is 0 Å². The number of nitrogens with zero attached hydrogens (tertiary/aromatic N) is 4. The SMILES string of the molecule is COc1ccc2c(c1)c1cc(-c3c(C)cc(C)cc3C)ccc1n2-c1c(C)cc(-c2ncnc(SC)n2)cc1C. The summed E-state index contributed by atoms with van der Waals surface area (Å²) >= 11 is 1.52. The van der Waals surface area contributed by atoms with Crippen LogP contribution in [0.1, 0.15) is 27.8 Å². The monoisotopic (exact) mass is 544 g/mol. The Kier molecular flexibility index (Phi) is 6.59. The highest BCUT2D eigenvalue weighted by atomic mass is 32.2. The van der Waals surface area contributed by atoms with Crippen LogP contribution >= 0.6 is 11.8 Å². The molecule has 0 aliphatic rings. The molecule has 6 heteroatoms.